The van der Waals surface area contributed by atoms with Gasteiger partial charge in [0.25, 0.3) is 5.89 Å². The van der Waals surface area contributed by atoms with Crippen LogP contribution in [-0.4, -0.2) is 41.5 Å². The molecule has 2 aromatic heterocycles. The molecule has 1 fully saturated rings. The summed E-state index contributed by atoms with van der Waals surface area (Å²) in [5.41, 5.74) is -0.611. The third-order valence-corrected chi connectivity index (χ3v) is 4.35. The van der Waals surface area contributed by atoms with Crippen molar-refractivity contribution in [3.8, 4) is 6.07 Å². The monoisotopic (exact) mass is 367 g/mol. The fraction of sp³-hybridized carbons (Fsp3) is 0.500. The third-order valence-electron chi connectivity index (χ3n) is 4.35. The van der Waals surface area contributed by atoms with Crippen LogP contribution in [0.15, 0.2) is 22.7 Å². The van der Waals surface area contributed by atoms with Crippen LogP contribution >= 0.6 is 0 Å². The van der Waals surface area contributed by atoms with E-state index in [0.717, 1.165) is 0 Å². The number of alkyl halides is 3. The van der Waals surface area contributed by atoms with Crippen LogP contribution in [0.5, 0.6) is 0 Å². The number of methoxy groups -OCH3 is 1. The number of hydrogen-bond acceptors (Lipinski definition) is 7. The molecule has 1 aliphatic heterocycles. The molecule has 0 atom stereocenters. The van der Waals surface area contributed by atoms with Crippen molar-refractivity contribution in [3.05, 3.63) is 35.6 Å². The molecule has 0 aliphatic carbocycles. The number of ether oxygens (including phenoxy) is 1. The molecule has 26 heavy (non-hydrogen) atoms. The molecule has 138 valence electrons. The summed E-state index contributed by atoms with van der Waals surface area (Å²) in [7, 11) is 1.47. The lowest BCUT2D eigenvalue weighted by Crippen LogP contribution is -2.44. The van der Waals surface area contributed by atoms with Crippen molar-refractivity contribution in [2.75, 3.05) is 25.1 Å². The van der Waals surface area contributed by atoms with Crippen molar-refractivity contribution < 1.29 is 22.4 Å². The minimum Gasteiger partial charge on any atom is -0.368 e. The SMILES string of the molecule is COC1(c2nc(CC(F)(F)F)no2)CCN(c2cccc(C#N)n2)CC1. The van der Waals surface area contributed by atoms with Gasteiger partial charge >= 0.3 is 6.18 Å². The van der Waals surface area contributed by atoms with Crippen LogP contribution in [0.25, 0.3) is 0 Å². The van der Waals surface area contributed by atoms with E-state index in [1.54, 1.807) is 18.2 Å². The second kappa shape index (κ2) is 6.92. The van der Waals surface area contributed by atoms with Gasteiger partial charge in [-0.2, -0.15) is 23.4 Å². The Bertz CT molecular complexity index is 807. The van der Waals surface area contributed by atoms with Crippen LogP contribution in [0.4, 0.5) is 19.0 Å². The van der Waals surface area contributed by atoms with Gasteiger partial charge in [0, 0.05) is 33.0 Å². The van der Waals surface area contributed by atoms with Crippen molar-refractivity contribution >= 4 is 5.82 Å². The van der Waals surface area contributed by atoms with Gasteiger partial charge < -0.3 is 14.2 Å². The zero-order chi connectivity index (χ0) is 18.8. The van der Waals surface area contributed by atoms with Crippen molar-refractivity contribution in [1.82, 2.24) is 15.1 Å². The number of rotatable bonds is 4. The summed E-state index contributed by atoms with van der Waals surface area (Å²) >= 11 is 0. The molecule has 3 rings (SSSR count). The van der Waals surface area contributed by atoms with Crippen LogP contribution in [0.2, 0.25) is 0 Å². The molecule has 0 radical (unpaired) electrons. The molecule has 2 aromatic rings. The minimum absolute atomic E-state index is 0.0534. The Morgan fingerprint density at radius 1 is 1.31 bits per heavy atom. The molecule has 3 heterocycles. The molecule has 7 nitrogen and oxygen atoms in total. The number of halogens is 3. The lowest BCUT2D eigenvalue weighted by molar-refractivity contribution is -0.128. The predicted octanol–water partition coefficient (Wildman–Crippen LogP) is 2.58. The smallest absolute Gasteiger partial charge is 0.368 e. The summed E-state index contributed by atoms with van der Waals surface area (Å²) in [6.45, 7) is 1.04. The Morgan fingerprint density at radius 2 is 2.04 bits per heavy atom. The Morgan fingerprint density at radius 3 is 2.65 bits per heavy atom. The lowest BCUT2D eigenvalue weighted by atomic mass is 9.91. The van der Waals surface area contributed by atoms with Gasteiger partial charge in [0.1, 0.15) is 29.6 Å². The summed E-state index contributed by atoms with van der Waals surface area (Å²) < 4.78 is 48.1. The summed E-state index contributed by atoms with van der Waals surface area (Å²) in [5, 5.41) is 12.4. The molecule has 0 saturated carbocycles. The molecular weight excluding hydrogens is 351 g/mol. The van der Waals surface area contributed by atoms with Gasteiger partial charge in [-0.3, -0.25) is 0 Å². The first-order valence-corrected chi connectivity index (χ1v) is 7.92. The quantitative estimate of drug-likeness (QED) is 0.821. The number of hydrogen-bond donors (Lipinski definition) is 0. The maximum absolute atomic E-state index is 12.5. The normalized spacial score (nSPS) is 17.1. The predicted molar refractivity (Wildman–Crippen MR) is 83.1 cm³/mol. The molecule has 0 bridgehead atoms. The first-order valence-electron chi connectivity index (χ1n) is 7.92. The Labute approximate surface area is 147 Å². The summed E-state index contributed by atoms with van der Waals surface area (Å²) in [6, 6.07) is 7.16. The van der Waals surface area contributed by atoms with Crippen LogP contribution in [0, 0.1) is 11.3 Å². The van der Waals surface area contributed by atoms with Gasteiger partial charge in [-0.15, -0.1) is 0 Å². The van der Waals surface area contributed by atoms with Crippen molar-refractivity contribution in [3.63, 3.8) is 0 Å². The highest BCUT2D eigenvalue weighted by Crippen LogP contribution is 2.36. The van der Waals surface area contributed by atoms with Crippen molar-refractivity contribution in [2.24, 2.45) is 0 Å². The van der Waals surface area contributed by atoms with E-state index in [4.69, 9.17) is 14.5 Å². The second-order valence-corrected chi connectivity index (χ2v) is 5.99. The third kappa shape index (κ3) is 3.77. The van der Waals surface area contributed by atoms with Gasteiger partial charge in [-0.1, -0.05) is 11.2 Å². The molecule has 0 amide bonds. The van der Waals surface area contributed by atoms with Crippen LogP contribution in [0.1, 0.15) is 30.3 Å². The van der Waals surface area contributed by atoms with E-state index in [1.165, 1.54) is 7.11 Å². The first kappa shape index (κ1) is 18.1. The Hall–Kier alpha value is -2.67. The fourth-order valence-corrected chi connectivity index (χ4v) is 2.95. The lowest BCUT2D eigenvalue weighted by Gasteiger charge is -2.38. The van der Waals surface area contributed by atoms with Gasteiger partial charge in [0.2, 0.25) is 0 Å². The summed E-state index contributed by atoms with van der Waals surface area (Å²) in [6.07, 6.45) is -4.76. The highest BCUT2D eigenvalue weighted by molar-refractivity contribution is 5.42. The van der Waals surface area contributed by atoms with Gasteiger partial charge in [-0.25, -0.2) is 4.98 Å². The number of piperidine rings is 1. The molecule has 0 aromatic carbocycles. The molecule has 0 N–H and O–H groups in total. The number of nitrogens with zero attached hydrogens (tertiary/aromatic N) is 5. The number of pyridine rings is 1. The maximum atomic E-state index is 12.5. The highest BCUT2D eigenvalue weighted by atomic mass is 19.4. The van der Waals surface area contributed by atoms with E-state index in [0.29, 0.717) is 37.4 Å². The van der Waals surface area contributed by atoms with E-state index >= 15 is 0 Å². The van der Waals surface area contributed by atoms with Gasteiger partial charge in [0.05, 0.1) is 0 Å². The number of nitriles is 1. The first-order chi connectivity index (χ1) is 12.3. The largest absolute Gasteiger partial charge is 0.396 e. The average Bonchev–Trinajstić information content (AvgIpc) is 3.09. The Kier molecular flexibility index (Phi) is 4.82. The van der Waals surface area contributed by atoms with E-state index in [1.807, 2.05) is 11.0 Å². The van der Waals surface area contributed by atoms with E-state index < -0.39 is 24.0 Å². The average molecular weight is 367 g/mol. The molecular formula is C16H16F3N5O2. The number of aromatic nitrogens is 3. The molecule has 1 aliphatic rings. The second-order valence-electron chi connectivity index (χ2n) is 5.99. The Balaban J connectivity index is 1.74. The van der Waals surface area contributed by atoms with Crippen molar-refractivity contribution in [1.29, 1.82) is 5.26 Å². The molecule has 0 spiro atoms. The standard InChI is InChI=1S/C16H16F3N5O2/c1-25-15(14-22-12(23-26-14)9-16(17,18)19)5-7-24(8-6-15)13-4-2-3-11(10-20)21-13/h2-4H,5-9H2,1H3. The summed E-state index contributed by atoms with van der Waals surface area (Å²) in [5.74, 6) is 0.310. The van der Waals surface area contributed by atoms with Gasteiger partial charge in [-0.05, 0) is 12.1 Å². The molecule has 10 heteroatoms. The minimum atomic E-state index is -4.40. The van der Waals surface area contributed by atoms with Crippen LogP contribution in [0.3, 0.4) is 0 Å². The summed E-state index contributed by atoms with van der Waals surface area (Å²) in [4.78, 5) is 10.1. The molecule has 0 unspecified atom stereocenters. The zero-order valence-corrected chi connectivity index (χ0v) is 14.0. The molecule has 1 saturated heterocycles. The fourth-order valence-electron chi connectivity index (χ4n) is 2.95. The van der Waals surface area contributed by atoms with E-state index in [2.05, 4.69) is 15.1 Å². The van der Waals surface area contributed by atoms with Crippen molar-refractivity contribution in [2.45, 2.75) is 31.0 Å². The van der Waals surface area contributed by atoms with Crippen LogP contribution < -0.4 is 4.90 Å². The van der Waals surface area contributed by atoms with Gasteiger partial charge in [0.15, 0.2) is 5.82 Å². The maximum Gasteiger partial charge on any atom is 0.396 e. The zero-order valence-electron chi connectivity index (χ0n) is 14.0. The highest BCUT2D eigenvalue weighted by Gasteiger charge is 2.42. The number of anilines is 1. The van der Waals surface area contributed by atoms with E-state index in [-0.39, 0.29) is 5.89 Å². The van der Waals surface area contributed by atoms with E-state index in [9.17, 15) is 13.2 Å². The topological polar surface area (TPSA) is 88.1 Å². The van der Waals surface area contributed by atoms with Crippen LogP contribution in [-0.2, 0) is 16.8 Å².